The van der Waals surface area contributed by atoms with Crippen molar-refractivity contribution < 1.29 is 29.3 Å². The van der Waals surface area contributed by atoms with Crippen molar-refractivity contribution in [3.8, 4) is 0 Å². The number of aryl methyl sites for hydroxylation is 1. The number of allylic oxidation sites excluding steroid dienone is 1. The van der Waals surface area contributed by atoms with Gasteiger partial charge in [0.15, 0.2) is 0 Å². The Balaban J connectivity index is 1.63. The average Bonchev–Trinajstić information content (AvgIpc) is 3.32. The summed E-state index contributed by atoms with van der Waals surface area (Å²) in [5.74, 6) is -1.68. The zero-order valence-corrected chi connectivity index (χ0v) is 23.9. The van der Waals surface area contributed by atoms with E-state index in [4.69, 9.17) is 9.47 Å². The summed E-state index contributed by atoms with van der Waals surface area (Å²) in [6.07, 6.45) is 1.71. The molecule has 7 atom stereocenters. The molecule has 0 bridgehead atoms. The minimum atomic E-state index is -1.27. The summed E-state index contributed by atoms with van der Waals surface area (Å²) in [6, 6.07) is 5.92. The van der Waals surface area contributed by atoms with E-state index in [1.54, 1.807) is 31.3 Å². The molecule has 1 aromatic carbocycles. The van der Waals surface area contributed by atoms with Crippen molar-refractivity contribution in [1.82, 2.24) is 4.98 Å². The Morgan fingerprint density at radius 3 is 2.68 bits per heavy atom. The number of esters is 1. The lowest BCUT2D eigenvalue weighted by atomic mass is 9.71. The zero-order valence-electron chi connectivity index (χ0n) is 23.1. The topological polar surface area (TPSA) is 109 Å². The molecule has 2 saturated heterocycles. The van der Waals surface area contributed by atoms with Crippen LogP contribution in [0.3, 0.4) is 0 Å². The number of benzene rings is 1. The smallest absolute Gasteiger partial charge is 0.309 e. The van der Waals surface area contributed by atoms with Gasteiger partial charge in [0.25, 0.3) is 0 Å². The van der Waals surface area contributed by atoms with E-state index in [0.717, 1.165) is 40.1 Å². The quantitative estimate of drug-likeness (QED) is 0.301. The van der Waals surface area contributed by atoms with Crippen LogP contribution < -0.4 is 0 Å². The number of nitrogens with zero attached hydrogens (tertiary/aromatic N) is 1. The van der Waals surface area contributed by atoms with Gasteiger partial charge in [0.2, 0.25) is 0 Å². The van der Waals surface area contributed by atoms with Crippen molar-refractivity contribution in [2.45, 2.75) is 103 Å². The summed E-state index contributed by atoms with van der Waals surface area (Å²) < 4.78 is 13.2. The fourth-order valence-electron chi connectivity index (χ4n) is 5.70. The summed E-state index contributed by atoms with van der Waals surface area (Å²) in [5.41, 5.74) is 0.115. The van der Waals surface area contributed by atoms with E-state index in [-0.39, 0.29) is 29.8 Å². The molecule has 0 spiro atoms. The molecule has 8 heteroatoms. The van der Waals surface area contributed by atoms with Crippen LogP contribution in [-0.4, -0.2) is 50.9 Å². The van der Waals surface area contributed by atoms with Crippen LogP contribution in [0.5, 0.6) is 0 Å². The first-order valence-corrected chi connectivity index (χ1v) is 14.4. The Morgan fingerprint density at radius 2 is 1.97 bits per heavy atom. The number of rotatable bonds is 3. The fourth-order valence-corrected chi connectivity index (χ4v) is 6.51. The second-order valence-electron chi connectivity index (χ2n) is 11.9. The molecule has 1 aromatic heterocycles. The number of carbonyl (C=O) groups is 2. The van der Waals surface area contributed by atoms with E-state index >= 15 is 0 Å². The number of hydrogen-bond acceptors (Lipinski definition) is 8. The van der Waals surface area contributed by atoms with Crippen LogP contribution in [0.25, 0.3) is 10.2 Å². The molecule has 4 rings (SSSR count). The standard InChI is InChI=1S/C30H41NO6S/c1-7-9-20-27(34)17(2)10-8-13-30(6)25(37-30)15-22(19-11-12-23-21(14-19)31-18(3)38-23)36-26(33)16-24(32)29(4,5)28(20)35/h7,11-12,14,17,20,22,24-25,27,32,34H,1,8-10,13,15-16H2,2-6H3/t17-,20-,22+,24+,25-,27-,30-/m1/s1. The molecule has 2 aliphatic rings. The second kappa shape index (κ2) is 11.2. The average molecular weight is 544 g/mol. The van der Waals surface area contributed by atoms with Gasteiger partial charge in [-0.1, -0.05) is 39.3 Å². The van der Waals surface area contributed by atoms with Crippen molar-refractivity contribution in [2.24, 2.45) is 17.3 Å². The number of aliphatic hydroxyl groups excluding tert-OH is 2. The van der Waals surface area contributed by atoms with Crippen molar-refractivity contribution in [2.75, 3.05) is 0 Å². The van der Waals surface area contributed by atoms with Crippen LogP contribution in [0.4, 0.5) is 0 Å². The maximum absolute atomic E-state index is 13.6. The van der Waals surface area contributed by atoms with E-state index in [1.807, 2.05) is 32.0 Å². The molecule has 38 heavy (non-hydrogen) atoms. The van der Waals surface area contributed by atoms with Gasteiger partial charge in [0.1, 0.15) is 11.9 Å². The van der Waals surface area contributed by atoms with E-state index in [1.165, 1.54) is 0 Å². The number of epoxide rings is 1. The molecule has 7 nitrogen and oxygen atoms in total. The molecule has 2 N–H and O–H groups in total. The number of carbonyl (C=O) groups excluding carboxylic acids is 2. The summed E-state index contributed by atoms with van der Waals surface area (Å²) in [4.78, 5) is 31.3. The lowest BCUT2D eigenvalue weighted by Gasteiger charge is -2.35. The van der Waals surface area contributed by atoms with Gasteiger partial charge in [-0.2, -0.15) is 0 Å². The molecule has 2 fully saturated rings. The molecule has 0 radical (unpaired) electrons. The summed E-state index contributed by atoms with van der Waals surface area (Å²) in [5, 5.41) is 23.2. The van der Waals surface area contributed by atoms with Gasteiger partial charge in [-0.15, -0.1) is 17.9 Å². The highest BCUT2D eigenvalue weighted by molar-refractivity contribution is 7.18. The minimum Gasteiger partial charge on any atom is -0.457 e. The highest BCUT2D eigenvalue weighted by Gasteiger charge is 2.53. The van der Waals surface area contributed by atoms with Crippen LogP contribution in [0.15, 0.2) is 30.9 Å². The highest BCUT2D eigenvalue weighted by atomic mass is 32.1. The monoisotopic (exact) mass is 543 g/mol. The normalized spacial score (nSPS) is 34.9. The first-order chi connectivity index (χ1) is 17.9. The number of cyclic esters (lactones) is 1. The predicted molar refractivity (Wildman–Crippen MR) is 148 cm³/mol. The molecule has 0 saturated carbocycles. The Labute approximate surface area is 229 Å². The fraction of sp³-hybridized carbons (Fsp3) is 0.633. The van der Waals surface area contributed by atoms with Gasteiger partial charge in [-0.3, -0.25) is 9.59 Å². The van der Waals surface area contributed by atoms with Crippen LogP contribution in [0.2, 0.25) is 0 Å². The van der Waals surface area contributed by atoms with Gasteiger partial charge in [-0.05, 0) is 56.7 Å². The lowest BCUT2D eigenvalue weighted by molar-refractivity contribution is -0.156. The van der Waals surface area contributed by atoms with Crippen molar-refractivity contribution in [1.29, 1.82) is 0 Å². The molecule has 0 amide bonds. The van der Waals surface area contributed by atoms with Crippen LogP contribution in [-0.2, 0) is 19.1 Å². The Kier molecular flexibility index (Phi) is 8.48. The van der Waals surface area contributed by atoms with E-state index in [9.17, 15) is 19.8 Å². The first kappa shape index (κ1) is 28.9. The third-order valence-corrected chi connectivity index (χ3v) is 9.49. The predicted octanol–water partition coefficient (Wildman–Crippen LogP) is 5.46. The lowest BCUT2D eigenvalue weighted by Crippen LogP contribution is -2.46. The third-order valence-electron chi connectivity index (χ3n) is 8.54. The summed E-state index contributed by atoms with van der Waals surface area (Å²) in [7, 11) is 0. The number of fused-ring (bicyclic) bond motifs is 2. The van der Waals surface area contributed by atoms with Crippen LogP contribution >= 0.6 is 11.3 Å². The molecular formula is C30H41NO6S. The number of thiazole rings is 1. The largest absolute Gasteiger partial charge is 0.457 e. The number of ether oxygens (including phenoxy) is 2. The third kappa shape index (κ3) is 6.03. The summed E-state index contributed by atoms with van der Waals surface area (Å²) in [6.45, 7) is 13.0. The van der Waals surface area contributed by atoms with Gasteiger partial charge in [-0.25, -0.2) is 4.98 Å². The van der Waals surface area contributed by atoms with E-state index in [0.29, 0.717) is 12.8 Å². The van der Waals surface area contributed by atoms with Crippen LogP contribution in [0, 0.1) is 24.2 Å². The second-order valence-corrected chi connectivity index (χ2v) is 13.1. The SMILES string of the molecule is C=CC[C@H]1C(=O)C(C)(C)[C@@H](O)CC(=O)O[C@H](c2ccc3sc(C)nc3c2)C[C@H]2O[C@]2(C)CCC[C@@H](C)[C@H]1O. The molecule has 2 aromatic rings. The van der Waals surface area contributed by atoms with E-state index < -0.39 is 35.6 Å². The summed E-state index contributed by atoms with van der Waals surface area (Å²) >= 11 is 1.61. The molecule has 0 aliphatic carbocycles. The Bertz CT molecular complexity index is 1190. The van der Waals surface area contributed by atoms with Crippen molar-refractivity contribution >= 4 is 33.3 Å². The molecule has 208 valence electrons. The maximum atomic E-state index is 13.6. The molecule has 3 heterocycles. The first-order valence-electron chi connectivity index (χ1n) is 13.6. The van der Waals surface area contributed by atoms with Gasteiger partial charge < -0.3 is 19.7 Å². The highest BCUT2D eigenvalue weighted by Crippen LogP contribution is 2.47. The number of aliphatic hydroxyl groups is 2. The van der Waals surface area contributed by atoms with Gasteiger partial charge in [0.05, 0.1) is 51.0 Å². The Hall–Kier alpha value is -2.13. The number of aromatic nitrogens is 1. The van der Waals surface area contributed by atoms with Crippen molar-refractivity contribution in [3.63, 3.8) is 0 Å². The van der Waals surface area contributed by atoms with E-state index in [2.05, 4.69) is 18.5 Å². The maximum Gasteiger partial charge on any atom is 0.309 e. The van der Waals surface area contributed by atoms with Crippen LogP contribution in [0.1, 0.15) is 82.9 Å². The molecule has 2 aliphatic heterocycles. The minimum absolute atomic E-state index is 0.0715. The van der Waals surface area contributed by atoms with Crippen molar-refractivity contribution in [3.05, 3.63) is 41.4 Å². The van der Waals surface area contributed by atoms with Gasteiger partial charge in [0, 0.05) is 12.3 Å². The molecular weight excluding hydrogens is 502 g/mol. The number of Topliss-reactive ketones (excluding diaryl/α,β-unsaturated/α-hetero) is 1. The number of hydrogen-bond donors (Lipinski definition) is 2. The van der Waals surface area contributed by atoms with Gasteiger partial charge >= 0.3 is 5.97 Å². The Morgan fingerprint density at radius 1 is 1.24 bits per heavy atom. The number of ketones is 1. The zero-order chi connectivity index (χ0) is 27.8. The molecule has 0 unspecified atom stereocenters.